The van der Waals surface area contributed by atoms with Gasteiger partial charge in [-0.1, -0.05) is 0 Å². The summed E-state index contributed by atoms with van der Waals surface area (Å²) in [6.07, 6.45) is 2.15. The number of aromatic nitrogens is 2. The number of H-pyrrole nitrogens is 1. The molecular formula is C20H23F2N3O2. The van der Waals surface area contributed by atoms with E-state index in [1.807, 2.05) is 13.8 Å². The highest BCUT2D eigenvalue weighted by molar-refractivity contribution is 5.98. The fourth-order valence-electron chi connectivity index (χ4n) is 3.66. The van der Waals surface area contributed by atoms with Crippen molar-refractivity contribution in [2.24, 2.45) is 5.92 Å². The largest absolute Gasteiger partial charge is 0.342 e. The number of benzene rings is 1. The minimum atomic E-state index is -0.726. The molecule has 2 heterocycles. The lowest BCUT2D eigenvalue weighted by Gasteiger charge is -2.32. The zero-order chi connectivity index (χ0) is 19.6. The third-order valence-corrected chi connectivity index (χ3v) is 5.21. The number of amides is 1. The third-order valence-electron chi connectivity index (χ3n) is 5.21. The summed E-state index contributed by atoms with van der Waals surface area (Å²) in [5.41, 5.74) is 2.64. The van der Waals surface area contributed by atoms with Gasteiger partial charge in [0.25, 0.3) is 0 Å². The molecule has 3 rings (SSSR count). The number of carbonyl (C=O) groups excluding carboxylic acids is 2. The maximum Gasteiger partial charge on any atom is 0.222 e. The highest BCUT2D eigenvalue weighted by Crippen LogP contribution is 2.24. The number of rotatable bonds is 5. The Balaban J connectivity index is 1.64. The molecule has 1 aliphatic heterocycles. The minimum absolute atomic E-state index is 0.0350. The molecule has 1 aromatic heterocycles. The number of hydrogen-bond donors (Lipinski definition) is 1. The van der Waals surface area contributed by atoms with E-state index in [4.69, 9.17) is 0 Å². The van der Waals surface area contributed by atoms with Gasteiger partial charge >= 0.3 is 0 Å². The van der Waals surface area contributed by atoms with Crippen LogP contribution in [0.15, 0.2) is 18.2 Å². The van der Waals surface area contributed by atoms with Crippen LogP contribution in [0.3, 0.4) is 0 Å². The van der Waals surface area contributed by atoms with E-state index in [0.717, 1.165) is 35.2 Å². The number of hydrogen-bond acceptors (Lipinski definition) is 3. The number of halogens is 2. The predicted molar refractivity (Wildman–Crippen MR) is 96.4 cm³/mol. The Morgan fingerprint density at radius 2 is 2.07 bits per heavy atom. The molecule has 1 N–H and O–H groups in total. The Kier molecular flexibility index (Phi) is 5.68. The number of Topliss-reactive ketones (excluding diaryl/α,β-unsaturated/α-hetero) is 1. The van der Waals surface area contributed by atoms with Crippen LogP contribution in [0, 0.1) is 31.4 Å². The fourth-order valence-corrected chi connectivity index (χ4v) is 3.66. The molecule has 1 fully saturated rings. The number of aromatic amines is 1. The van der Waals surface area contributed by atoms with Gasteiger partial charge in [0.05, 0.1) is 11.3 Å². The van der Waals surface area contributed by atoms with Crippen molar-refractivity contribution in [2.75, 3.05) is 13.1 Å². The van der Waals surface area contributed by atoms with E-state index in [1.165, 1.54) is 0 Å². The zero-order valence-electron chi connectivity index (χ0n) is 15.5. The first kappa shape index (κ1) is 19.2. The molecule has 0 bridgehead atoms. The summed E-state index contributed by atoms with van der Waals surface area (Å²) in [5, 5.41) is 7.03. The zero-order valence-corrected chi connectivity index (χ0v) is 15.5. The van der Waals surface area contributed by atoms with Crippen molar-refractivity contribution in [3.05, 3.63) is 52.3 Å². The first-order chi connectivity index (χ1) is 12.9. The van der Waals surface area contributed by atoms with Crippen LogP contribution in [0.2, 0.25) is 0 Å². The number of ketones is 1. The summed E-state index contributed by atoms with van der Waals surface area (Å²) in [5.74, 6) is -2.35. The predicted octanol–water partition coefficient (Wildman–Crippen LogP) is 3.36. The highest BCUT2D eigenvalue weighted by atomic mass is 19.1. The normalized spacial score (nSPS) is 17.2. The second-order valence-corrected chi connectivity index (χ2v) is 7.08. The Morgan fingerprint density at radius 3 is 2.78 bits per heavy atom. The van der Waals surface area contributed by atoms with Crippen LogP contribution in [-0.4, -0.2) is 39.9 Å². The van der Waals surface area contributed by atoms with E-state index >= 15 is 0 Å². The molecule has 27 heavy (non-hydrogen) atoms. The number of aryl methyl sites for hydroxylation is 2. The van der Waals surface area contributed by atoms with Crippen molar-refractivity contribution in [1.82, 2.24) is 15.1 Å². The topological polar surface area (TPSA) is 66.1 Å². The number of piperidine rings is 1. The molecule has 144 valence electrons. The Labute approximate surface area is 156 Å². The summed E-state index contributed by atoms with van der Waals surface area (Å²) < 4.78 is 27.3. The van der Waals surface area contributed by atoms with Gasteiger partial charge in [0, 0.05) is 31.1 Å². The number of carbonyl (C=O) groups is 2. The molecule has 1 aliphatic rings. The standard InChI is InChI=1S/C20H23F2N3O2/c1-12-16(13(2)24-23-12)6-8-19(26)25-9-3-4-14(11-25)20(27)17-10-15(21)5-7-18(17)22/h5,7,10,14H,3-4,6,8-9,11H2,1-2H3,(H,23,24)/t14-/m0/s1. The molecule has 0 unspecified atom stereocenters. The van der Waals surface area contributed by atoms with E-state index in [0.29, 0.717) is 32.2 Å². The van der Waals surface area contributed by atoms with Gasteiger partial charge in [0.1, 0.15) is 11.6 Å². The first-order valence-electron chi connectivity index (χ1n) is 9.14. The van der Waals surface area contributed by atoms with Crippen molar-refractivity contribution >= 4 is 11.7 Å². The molecule has 7 heteroatoms. The van der Waals surface area contributed by atoms with Gasteiger partial charge in [-0.05, 0) is 56.9 Å². The van der Waals surface area contributed by atoms with Crippen LogP contribution in [0.4, 0.5) is 8.78 Å². The van der Waals surface area contributed by atoms with E-state index in [1.54, 1.807) is 4.90 Å². The van der Waals surface area contributed by atoms with E-state index in [9.17, 15) is 18.4 Å². The van der Waals surface area contributed by atoms with Crippen molar-refractivity contribution < 1.29 is 18.4 Å². The first-order valence-corrected chi connectivity index (χ1v) is 9.14. The molecule has 5 nitrogen and oxygen atoms in total. The van der Waals surface area contributed by atoms with E-state index in [2.05, 4.69) is 10.2 Å². The van der Waals surface area contributed by atoms with Gasteiger partial charge in [-0.15, -0.1) is 0 Å². The molecule has 1 aromatic carbocycles. The van der Waals surface area contributed by atoms with Crippen LogP contribution >= 0.6 is 0 Å². The van der Waals surface area contributed by atoms with Crippen molar-refractivity contribution in [3.63, 3.8) is 0 Å². The molecular weight excluding hydrogens is 352 g/mol. The molecule has 0 saturated carbocycles. The highest BCUT2D eigenvalue weighted by Gasteiger charge is 2.30. The summed E-state index contributed by atoms with van der Waals surface area (Å²) in [6, 6.07) is 2.88. The lowest BCUT2D eigenvalue weighted by Crippen LogP contribution is -2.42. The number of likely N-dealkylation sites (tertiary alicyclic amines) is 1. The molecule has 1 saturated heterocycles. The van der Waals surface area contributed by atoms with E-state index < -0.39 is 23.3 Å². The van der Waals surface area contributed by atoms with Gasteiger partial charge < -0.3 is 4.90 Å². The van der Waals surface area contributed by atoms with Gasteiger partial charge in [-0.3, -0.25) is 14.7 Å². The molecule has 1 atom stereocenters. The van der Waals surface area contributed by atoms with Crippen molar-refractivity contribution in [2.45, 2.75) is 39.5 Å². The lowest BCUT2D eigenvalue weighted by atomic mass is 9.89. The van der Waals surface area contributed by atoms with Gasteiger partial charge in [0.15, 0.2) is 5.78 Å². The van der Waals surface area contributed by atoms with Crippen molar-refractivity contribution in [1.29, 1.82) is 0 Å². The Morgan fingerprint density at radius 1 is 1.30 bits per heavy atom. The van der Waals surface area contributed by atoms with Crippen LogP contribution in [-0.2, 0) is 11.2 Å². The average molecular weight is 375 g/mol. The van der Waals surface area contributed by atoms with Crippen LogP contribution in [0.1, 0.15) is 46.6 Å². The minimum Gasteiger partial charge on any atom is -0.342 e. The molecule has 0 aliphatic carbocycles. The SMILES string of the molecule is Cc1n[nH]c(C)c1CCC(=O)N1CCC[C@H](C(=O)c2cc(F)ccc2F)C1. The smallest absolute Gasteiger partial charge is 0.222 e. The number of nitrogens with one attached hydrogen (secondary N) is 1. The lowest BCUT2D eigenvalue weighted by molar-refractivity contribution is -0.132. The molecule has 2 aromatic rings. The second kappa shape index (κ2) is 7.98. The summed E-state index contributed by atoms with van der Waals surface area (Å²) in [4.78, 5) is 26.9. The van der Waals surface area contributed by atoms with Crippen LogP contribution in [0.25, 0.3) is 0 Å². The molecule has 1 amide bonds. The maximum absolute atomic E-state index is 13.9. The second-order valence-electron chi connectivity index (χ2n) is 7.08. The van der Waals surface area contributed by atoms with Gasteiger partial charge in [0.2, 0.25) is 5.91 Å². The molecule has 0 spiro atoms. The average Bonchev–Trinajstić information content (AvgIpc) is 2.99. The van der Waals surface area contributed by atoms with Crippen LogP contribution < -0.4 is 0 Å². The van der Waals surface area contributed by atoms with Gasteiger partial charge in [-0.2, -0.15) is 5.10 Å². The molecule has 0 radical (unpaired) electrons. The third kappa shape index (κ3) is 4.23. The maximum atomic E-state index is 13.9. The monoisotopic (exact) mass is 375 g/mol. The van der Waals surface area contributed by atoms with Crippen molar-refractivity contribution in [3.8, 4) is 0 Å². The Hall–Kier alpha value is -2.57. The van der Waals surface area contributed by atoms with Crippen LogP contribution in [0.5, 0.6) is 0 Å². The van der Waals surface area contributed by atoms with E-state index in [-0.39, 0.29) is 18.0 Å². The summed E-state index contributed by atoms with van der Waals surface area (Å²) in [7, 11) is 0. The number of nitrogens with zero attached hydrogens (tertiary/aromatic N) is 2. The fraction of sp³-hybridized carbons (Fsp3) is 0.450. The quantitative estimate of drug-likeness (QED) is 0.815. The Bertz CT molecular complexity index is 843. The summed E-state index contributed by atoms with van der Waals surface area (Å²) in [6.45, 7) is 4.64. The van der Waals surface area contributed by atoms with Gasteiger partial charge in [-0.25, -0.2) is 8.78 Å². The summed E-state index contributed by atoms with van der Waals surface area (Å²) >= 11 is 0.